The van der Waals surface area contributed by atoms with Crippen LogP contribution in [0.25, 0.3) is 0 Å². The molecule has 0 atom stereocenters. The maximum atomic E-state index is 11.1. The monoisotopic (exact) mass is 179 g/mol. The number of carbonyl (C=O) groups is 1. The summed E-state index contributed by atoms with van der Waals surface area (Å²) in [4.78, 5) is 11.1. The molecule has 0 heterocycles. The molecular formula is C9H9NO3. The average molecular weight is 179 g/mol. The summed E-state index contributed by atoms with van der Waals surface area (Å²) in [6.45, 7) is 0. The zero-order valence-corrected chi connectivity index (χ0v) is 7.10. The molecule has 1 aromatic rings. The summed E-state index contributed by atoms with van der Waals surface area (Å²) < 4.78 is 4.92. The van der Waals surface area contributed by atoms with E-state index in [1.807, 2.05) is 0 Å². The van der Waals surface area contributed by atoms with Gasteiger partial charge in [-0.3, -0.25) is 4.79 Å². The van der Waals surface area contributed by atoms with Crippen molar-refractivity contribution in [3.05, 3.63) is 29.8 Å². The number of hydrogen-bond acceptors (Lipinski definition) is 4. The van der Waals surface area contributed by atoms with Crippen molar-refractivity contribution >= 4 is 12.0 Å². The van der Waals surface area contributed by atoms with Crippen LogP contribution in [0.2, 0.25) is 0 Å². The van der Waals surface area contributed by atoms with Crippen molar-refractivity contribution in [3.63, 3.8) is 0 Å². The van der Waals surface area contributed by atoms with E-state index in [-0.39, 0.29) is 5.78 Å². The van der Waals surface area contributed by atoms with Crippen molar-refractivity contribution in [2.24, 2.45) is 5.16 Å². The topological polar surface area (TPSA) is 58.9 Å². The van der Waals surface area contributed by atoms with Crippen LogP contribution < -0.4 is 4.74 Å². The normalized spacial score (nSPS) is 10.2. The lowest BCUT2D eigenvalue weighted by molar-refractivity contribution is 0.106. The summed E-state index contributed by atoms with van der Waals surface area (Å²) in [6.07, 6.45) is 0.842. The first-order valence-corrected chi connectivity index (χ1v) is 3.63. The number of carbonyl (C=O) groups excluding carboxylic acids is 1. The van der Waals surface area contributed by atoms with E-state index in [9.17, 15) is 4.79 Å². The molecule has 1 N–H and O–H groups in total. The number of benzene rings is 1. The number of nitrogens with zero attached hydrogens (tertiary/aromatic N) is 1. The quantitative estimate of drug-likeness (QED) is 0.329. The molecular weight excluding hydrogens is 170 g/mol. The fourth-order valence-corrected chi connectivity index (χ4v) is 0.903. The molecule has 0 saturated carbocycles. The first-order chi connectivity index (χ1) is 6.27. The van der Waals surface area contributed by atoms with E-state index in [1.165, 1.54) is 7.11 Å². The van der Waals surface area contributed by atoms with E-state index in [0.717, 1.165) is 6.21 Å². The molecule has 1 aromatic carbocycles. The zero-order chi connectivity index (χ0) is 9.68. The Hall–Kier alpha value is -1.84. The van der Waals surface area contributed by atoms with E-state index in [4.69, 9.17) is 9.94 Å². The van der Waals surface area contributed by atoms with Crippen LogP contribution in [0.15, 0.2) is 29.4 Å². The van der Waals surface area contributed by atoms with E-state index >= 15 is 0 Å². The first-order valence-electron chi connectivity index (χ1n) is 3.63. The number of Topliss-reactive ketones (excluding diaryl/α,β-unsaturated/α-hetero) is 1. The second-order valence-electron chi connectivity index (χ2n) is 2.34. The maximum absolute atomic E-state index is 11.1. The Morgan fingerprint density at radius 2 is 2.38 bits per heavy atom. The summed E-state index contributed by atoms with van der Waals surface area (Å²) in [5.41, 5.74) is 0.428. The lowest BCUT2D eigenvalue weighted by Crippen LogP contribution is -2.00. The van der Waals surface area contributed by atoms with E-state index < -0.39 is 0 Å². The molecule has 0 spiro atoms. The SMILES string of the molecule is COc1cccc(C(=O)/C=N/O)c1. The van der Waals surface area contributed by atoms with Crippen LogP contribution in [0, 0.1) is 0 Å². The van der Waals surface area contributed by atoms with E-state index in [2.05, 4.69) is 5.16 Å². The Morgan fingerprint density at radius 1 is 1.62 bits per heavy atom. The van der Waals surface area contributed by atoms with Crippen LogP contribution in [0.4, 0.5) is 0 Å². The average Bonchev–Trinajstić information content (AvgIpc) is 2.18. The number of ether oxygens (including phenoxy) is 1. The van der Waals surface area contributed by atoms with Gasteiger partial charge < -0.3 is 9.94 Å². The molecule has 1 rings (SSSR count). The largest absolute Gasteiger partial charge is 0.497 e. The molecule has 0 bridgehead atoms. The summed E-state index contributed by atoms with van der Waals surface area (Å²) in [6, 6.07) is 6.61. The number of ketones is 1. The molecule has 0 saturated heterocycles. The van der Waals surface area contributed by atoms with Crippen LogP contribution in [0.5, 0.6) is 5.75 Å². The van der Waals surface area contributed by atoms with Crippen LogP contribution in [0.3, 0.4) is 0 Å². The van der Waals surface area contributed by atoms with Crippen LogP contribution >= 0.6 is 0 Å². The highest BCUT2D eigenvalue weighted by atomic mass is 16.5. The molecule has 4 nitrogen and oxygen atoms in total. The van der Waals surface area contributed by atoms with Crippen molar-refractivity contribution in [1.82, 2.24) is 0 Å². The summed E-state index contributed by atoms with van der Waals surface area (Å²) in [5, 5.41) is 10.8. The predicted molar refractivity (Wildman–Crippen MR) is 47.6 cm³/mol. The molecule has 0 radical (unpaired) electrons. The Kier molecular flexibility index (Phi) is 3.03. The highest BCUT2D eigenvalue weighted by Gasteiger charge is 2.03. The highest BCUT2D eigenvalue weighted by molar-refractivity contribution is 6.35. The van der Waals surface area contributed by atoms with Gasteiger partial charge in [-0.2, -0.15) is 0 Å². The Bertz CT molecular complexity index is 333. The predicted octanol–water partition coefficient (Wildman–Crippen LogP) is 1.34. The minimum Gasteiger partial charge on any atom is -0.497 e. The van der Waals surface area contributed by atoms with Crippen LogP contribution in [-0.2, 0) is 0 Å². The third-order valence-corrected chi connectivity index (χ3v) is 1.53. The third kappa shape index (κ3) is 2.30. The van der Waals surface area contributed by atoms with Gasteiger partial charge >= 0.3 is 0 Å². The van der Waals surface area contributed by atoms with E-state index in [0.29, 0.717) is 11.3 Å². The van der Waals surface area contributed by atoms with Crippen molar-refractivity contribution in [2.75, 3.05) is 7.11 Å². The molecule has 0 aromatic heterocycles. The van der Waals surface area contributed by atoms with Gasteiger partial charge in [0.25, 0.3) is 0 Å². The molecule has 0 aliphatic heterocycles. The van der Waals surface area contributed by atoms with Gasteiger partial charge in [0.15, 0.2) is 0 Å². The van der Waals surface area contributed by atoms with Gasteiger partial charge in [0.2, 0.25) is 5.78 Å². The third-order valence-electron chi connectivity index (χ3n) is 1.53. The standard InChI is InChI=1S/C9H9NO3/c1-13-8-4-2-3-7(5-8)9(11)6-10-12/h2-6,12H,1H3/b10-6+. The Morgan fingerprint density at radius 3 is 3.00 bits per heavy atom. The van der Waals surface area contributed by atoms with Crippen molar-refractivity contribution in [1.29, 1.82) is 0 Å². The minimum atomic E-state index is -0.360. The van der Waals surface area contributed by atoms with Crippen LogP contribution in [-0.4, -0.2) is 24.3 Å². The molecule has 68 valence electrons. The number of rotatable bonds is 3. The second-order valence-corrected chi connectivity index (χ2v) is 2.34. The molecule has 13 heavy (non-hydrogen) atoms. The molecule has 0 aliphatic rings. The molecule has 0 unspecified atom stereocenters. The van der Waals surface area contributed by atoms with Crippen molar-refractivity contribution in [2.45, 2.75) is 0 Å². The minimum absolute atomic E-state index is 0.360. The molecule has 0 fully saturated rings. The van der Waals surface area contributed by atoms with Crippen LogP contribution in [0.1, 0.15) is 10.4 Å². The fraction of sp³-hybridized carbons (Fsp3) is 0.111. The van der Waals surface area contributed by atoms with Crippen molar-refractivity contribution in [3.8, 4) is 5.75 Å². The summed E-state index contributed by atoms with van der Waals surface area (Å²) >= 11 is 0. The molecule has 0 amide bonds. The fourth-order valence-electron chi connectivity index (χ4n) is 0.903. The van der Waals surface area contributed by atoms with Gasteiger partial charge in [-0.25, -0.2) is 0 Å². The van der Waals surface area contributed by atoms with E-state index in [1.54, 1.807) is 24.3 Å². The zero-order valence-electron chi connectivity index (χ0n) is 7.10. The maximum Gasteiger partial charge on any atom is 0.207 e. The molecule has 0 aliphatic carbocycles. The first kappa shape index (κ1) is 9.25. The van der Waals surface area contributed by atoms with Gasteiger partial charge in [0.05, 0.1) is 7.11 Å². The smallest absolute Gasteiger partial charge is 0.207 e. The van der Waals surface area contributed by atoms with Gasteiger partial charge in [-0.15, -0.1) is 0 Å². The van der Waals surface area contributed by atoms with Crippen molar-refractivity contribution < 1.29 is 14.7 Å². The number of oxime groups is 1. The van der Waals surface area contributed by atoms with Gasteiger partial charge in [0, 0.05) is 5.56 Å². The molecule has 4 heteroatoms. The Balaban J connectivity index is 2.94. The second kappa shape index (κ2) is 4.25. The lowest BCUT2D eigenvalue weighted by Gasteiger charge is -1.99. The lowest BCUT2D eigenvalue weighted by atomic mass is 10.1. The summed E-state index contributed by atoms with van der Waals surface area (Å²) in [7, 11) is 1.52. The Labute approximate surface area is 75.4 Å². The van der Waals surface area contributed by atoms with Gasteiger partial charge in [0.1, 0.15) is 12.0 Å². The van der Waals surface area contributed by atoms with Gasteiger partial charge in [-0.1, -0.05) is 17.3 Å². The summed E-state index contributed by atoms with van der Waals surface area (Å²) in [5.74, 6) is 0.235. The van der Waals surface area contributed by atoms with Gasteiger partial charge in [-0.05, 0) is 12.1 Å². The highest BCUT2D eigenvalue weighted by Crippen LogP contribution is 2.12. The number of methoxy groups -OCH3 is 1. The number of hydrogen-bond donors (Lipinski definition) is 1.